The Bertz CT molecular complexity index is 1180. The Labute approximate surface area is 251 Å². The minimum absolute atomic E-state index is 0.0256. The normalized spacial score (nSPS) is 14.3. The number of rotatable bonds is 13. The molecule has 0 saturated carbocycles. The largest absolute Gasteiger partial charge is 0.508 e. The Morgan fingerprint density at radius 1 is 0.976 bits per heavy atom. The van der Waals surface area contributed by atoms with E-state index in [4.69, 9.17) is 9.47 Å². The van der Waals surface area contributed by atoms with Crippen LogP contribution in [0.15, 0.2) is 48.5 Å². The maximum Gasteiger partial charge on any atom is 0.408 e. The van der Waals surface area contributed by atoms with Gasteiger partial charge < -0.3 is 30.1 Å². The highest BCUT2D eigenvalue weighted by Crippen LogP contribution is 2.31. The van der Waals surface area contributed by atoms with E-state index in [9.17, 15) is 19.5 Å². The standard InChI is InChI=1S/C33H49N3O6/c1-10-22(4)28(35-32(40)42-33(6,7)8)31(39)36(23(5)15-14-21(2)3)29(24-12-11-13-26(37)20-24)30(38)34-25-16-18-27(41-9)19-17-25/h11-13,16-23,28-29,37H,10,14-15H2,1-9H3,(H,34,38)(H,35,40). The van der Waals surface area contributed by atoms with Crippen molar-refractivity contribution in [1.29, 1.82) is 0 Å². The molecule has 0 aliphatic carbocycles. The highest BCUT2D eigenvalue weighted by atomic mass is 16.6. The number of carbonyl (C=O) groups is 3. The third-order valence-corrected chi connectivity index (χ3v) is 7.11. The van der Waals surface area contributed by atoms with Gasteiger partial charge in [0.25, 0.3) is 5.91 Å². The molecular weight excluding hydrogens is 534 g/mol. The van der Waals surface area contributed by atoms with E-state index in [1.54, 1.807) is 69.2 Å². The Kier molecular flexibility index (Phi) is 12.7. The maximum absolute atomic E-state index is 14.6. The van der Waals surface area contributed by atoms with Crippen molar-refractivity contribution in [2.45, 2.75) is 98.4 Å². The van der Waals surface area contributed by atoms with E-state index in [1.807, 2.05) is 20.8 Å². The molecule has 2 aromatic carbocycles. The van der Waals surface area contributed by atoms with Crippen LogP contribution < -0.4 is 15.4 Å². The number of anilines is 1. The lowest BCUT2D eigenvalue weighted by molar-refractivity contribution is -0.144. The summed E-state index contributed by atoms with van der Waals surface area (Å²) in [6.07, 6.45) is 1.36. The number of phenolic OH excluding ortho intramolecular Hbond substituents is 1. The third kappa shape index (κ3) is 10.3. The zero-order valence-electron chi connectivity index (χ0n) is 26.6. The number of alkyl carbamates (subject to hydrolysis) is 1. The molecule has 4 atom stereocenters. The minimum atomic E-state index is -1.10. The molecule has 4 unspecified atom stereocenters. The SMILES string of the molecule is CCC(C)C(NC(=O)OC(C)(C)C)C(=O)N(C(C)CCC(C)C)C(C(=O)Nc1ccc(OC)cc1)c1cccc(O)c1. The molecule has 0 heterocycles. The lowest BCUT2D eigenvalue weighted by Crippen LogP contribution is -2.57. The molecule has 0 spiro atoms. The molecule has 0 aliphatic rings. The van der Waals surface area contributed by atoms with Gasteiger partial charge in [-0.15, -0.1) is 0 Å². The first-order valence-corrected chi connectivity index (χ1v) is 14.7. The molecule has 232 valence electrons. The van der Waals surface area contributed by atoms with E-state index in [0.29, 0.717) is 35.8 Å². The molecule has 0 aromatic heterocycles. The van der Waals surface area contributed by atoms with Crippen LogP contribution in [0.5, 0.6) is 11.5 Å². The summed E-state index contributed by atoms with van der Waals surface area (Å²) < 4.78 is 10.7. The van der Waals surface area contributed by atoms with Gasteiger partial charge in [0.15, 0.2) is 0 Å². The molecule has 2 aromatic rings. The van der Waals surface area contributed by atoms with E-state index in [0.717, 1.165) is 6.42 Å². The Hall–Kier alpha value is -3.75. The average molecular weight is 584 g/mol. The second-order valence-corrected chi connectivity index (χ2v) is 12.3. The number of phenols is 1. The van der Waals surface area contributed by atoms with Gasteiger partial charge in [-0.25, -0.2) is 4.79 Å². The van der Waals surface area contributed by atoms with Crippen LogP contribution >= 0.6 is 0 Å². The summed E-state index contributed by atoms with van der Waals surface area (Å²) in [5.74, 6) is -0.106. The van der Waals surface area contributed by atoms with Gasteiger partial charge in [-0.2, -0.15) is 0 Å². The number of aromatic hydroxyl groups is 1. The minimum Gasteiger partial charge on any atom is -0.508 e. The summed E-state index contributed by atoms with van der Waals surface area (Å²) in [5, 5.41) is 16.1. The first-order valence-electron chi connectivity index (χ1n) is 14.7. The number of benzene rings is 2. The summed E-state index contributed by atoms with van der Waals surface area (Å²) in [6, 6.07) is 10.9. The van der Waals surface area contributed by atoms with Crippen molar-refractivity contribution in [3.63, 3.8) is 0 Å². The summed E-state index contributed by atoms with van der Waals surface area (Å²) in [6.45, 7) is 15.2. The fourth-order valence-corrected chi connectivity index (χ4v) is 4.61. The molecule has 9 nitrogen and oxygen atoms in total. The van der Waals surface area contributed by atoms with Crippen LogP contribution in [0.3, 0.4) is 0 Å². The number of ether oxygens (including phenoxy) is 2. The van der Waals surface area contributed by atoms with Gasteiger partial charge in [0.05, 0.1) is 7.11 Å². The Morgan fingerprint density at radius 3 is 2.14 bits per heavy atom. The quantitative estimate of drug-likeness (QED) is 0.242. The highest BCUT2D eigenvalue weighted by Gasteiger charge is 2.40. The second-order valence-electron chi connectivity index (χ2n) is 12.3. The molecule has 9 heteroatoms. The van der Waals surface area contributed by atoms with Gasteiger partial charge in [-0.3, -0.25) is 9.59 Å². The van der Waals surface area contributed by atoms with E-state index in [1.165, 1.54) is 12.1 Å². The molecule has 0 aliphatic heterocycles. The molecule has 0 bridgehead atoms. The first-order chi connectivity index (χ1) is 19.7. The predicted octanol–water partition coefficient (Wildman–Crippen LogP) is 6.67. The van der Waals surface area contributed by atoms with Crippen LogP contribution in [0, 0.1) is 11.8 Å². The molecule has 0 radical (unpaired) electrons. The monoisotopic (exact) mass is 583 g/mol. The summed E-state index contributed by atoms with van der Waals surface area (Å²) in [4.78, 5) is 43.1. The van der Waals surface area contributed by atoms with E-state index in [-0.39, 0.29) is 17.7 Å². The van der Waals surface area contributed by atoms with Crippen LogP contribution in [0.4, 0.5) is 10.5 Å². The number of hydrogen-bond acceptors (Lipinski definition) is 6. The number of methoxy groups -OCH3 is 1. The van der Waals surface area contributed by atoms with E-state index < -0.39 is 35.6 Å². The van der Waals surface area contributed by atoms with Crippen molar-refractivity contribution < 1.29 is 29.0 Å². The van der Waals surface area contributed by atoms with Crippen molar-refractivity contribution in [1.82, 2.24) is 10.2 Å². The van der Waals surface area contributed by atoms with Crippen molar-refractivity contribution in [3.05, 3.63) is 54.1 Å². The van der Waals surface area contributed by atoms with Crippen LogP contribution in [-0.4, -0.2) is 52.7 Å². The number of amides is 3. The molecule has 3 N–H and O–H groups in total. The number of nitrogens with zero attached hydrogens (tertiary/aromatic N) is 1. The number of hydrogen-bond donors (Lipinski definition) is 3. The summed E-state index contributed by atoms with van der Waals surface area (Å²) in [5.41, 5.74) is 0.226. The van der Waals surface area contributed by atoms with Crippen molar-refractivity contribution in [2.24, 2.45) is 11.8 Å². The van der Waals surface area contributed by atoms with Crippen molar-refractivity contribution in [3.8, 4) is 11.5 Å². The van der Waals surface area contributed by atoms with Gasteiger partial charge in [0, 0.05) is 11.7 Å². The zero-order valence-corrected chi connectivity index (χ0v) is 26.6. The van der Waals surface area contributed by atoms with Crippen molar-refractivity contribution in [2.75, 3.05) is 12.4 Å². The zero-order chi connectivity index (χ0) is 31.6. The van der Waals surface area contributed by atoms with Crippen LogP contribution in [0.2, 0.25) is 0 Å². The van der Waals surface area contributed by atoms with Crippen LogP contribution in [0.1, 0.15) is 86.3 Å². The van der Waals surface area contributed by atoms with Crippen LogP contribution in [0.25, 0.3) is 0 Å². The van der Waals surface area contributed by atoms with Gasteiger partial charge in [-0.1, -0.05) is 46.2 Å². The fourth-order valence-electron chi connectivity index (χ4n) is 4.61. The topological polar surface area (TPSA) is 117 Å². The first kappa shape index (κ1) is 34.5. The highest BCUT2D eigenvalue weighted by molar-refractivity contribution is 5.99. The number of nitrogens with one attached hydrogen (secondary N) is 2. The Morgan fingerprint density at radius 2 is 1.62 bits per heavy atom. The molecule has 0 saturated heterocycles. The number of carbonyl (C=O) groups excluding carboxylic acids is 3. The van der Waals surface area contributed by atoms with Gasteiger partial charge in [-0.05, 0) is 94.3 Å². The van der Waals surface area contributed by atoms with Gasteiger partial charge in [0.1, 0.15) is 29.2 Å². The Balaban J connectivity index is 2.63. The van der Waals surface area contributed by atoms with E-state index in [2.05, 4.69) is 24.5 Å². The van der Waals surface area contributed by atoms with Gasteiger partial charge >= 0.3 is 6.09 Å². The second kappa shape index (κ2) is 15.5. The molecular formula is C33H49N3O6. The predicted molar refractivity (Wildman–Crippen MR) is 165 cm³/mol. The summed E-state index contributed by atoms with van der Waals surface area (Å²) in [7, 11) is 1.56. The average Bonchev–Trinajstić information content (AvgIpc) is 2.91. The fraction of sp³-hybridized carbons (Fsp3) is 0.545. The lowest BCUT2D eigenvalue weighted by atomic mass is 9.93. The molecule has 2 rings (SSSR count). The smallest absolute Gasteiger partial charge is 0.408 e. The van der Waals surface area contributed by atoms with Crippen LogP contribution in [-0.2, 0) is 14.3 Å². The van der Waals surface area contributed by atoms with E-state index >= 15 is 0 Å². The molecule has 3 amide bonds. The maximum atomic E-state index is 14.6. The lowest BCUT2D eigenvalue weighted by Gasteiger charge is -2.40. The van der Waals surface area contributed by atoms with Crippen molar-refractivity contribution >= 4 is 23.6 Å². The summed E-state index contributed by atoms with van der Waals surface area (Å²) >= 11 is 0. The third-order valence-electron chi connectivity index (χ3n) is 7.11. The molecule has 42 heavy (non-hydrogen) atoms. The van der Waals surface area contributed by atoms with Gasteiger partial charge in [0.2, 0.25) is 5.91 Å². The molecule has 0 fully saturated rings.